The second kappa shape index (κ2) is 4.43. The number of anilines is 1. The van der Waals surface area contributed by atoms with Crippen molar-refractivity contribution in [3.8, 4) is 0 Å². The fraction of sp³-hybridized carbons (Fsp3) is 0.188. The Morgan fingerprint density at radius 1 is 1.05 bits per heavy atom. The number of hydrogen-bond acceptors (Lipinski definition) is 2. The highest BCUT2D eigenvalue weighted by Gasteiger charge is 2.25. The van der Waals surface area contributed by atoms with Crippen LogP contribution in [0.3, 0.4) is 0 Å². The molecular weight excluding hydrogens is 234 g/mol. The zero-order valence-corrected chi connectivity index (χ0v) is 11.3. The van der Waals surface area contributed by atoms with Gasteiger partial charge in [0.25, 0.3) is 5.84 Å². The molecule has 3 rings (SSSR count). The number of amidine groups is 1. The van der Waals surface area contributed by atoms with Crippen molar-refractivity contribution >= 4 is 17.2 Å². The minimum Gasteiger partial charge on any atom is -0.378 e. The molecular formula is C16H18N3+. The normalized spacial score (nSPS) is 13.6. The molecule has 0 spiro atoms. The molecule has 0 amide bonds. The van der Waals surface area contributed by atoms with Gasteiger partial charge in [-0.15, -0.1) is 0 Å². The summed E-state index contributed by atoms with van der Waals surface area (Å²) in [5.74, 6) is 0.839. The van der Waals surface area contributed by atoms with E-state index < -0.39 is 0 Å². The van der Waals surface area contributed by atoms with Crippen LogP contribution < -0.4 is 10.6 Å². The van der Waals surface area contributed by atoms with Crippen LogP contribution in [0.25, 0.3) is 0 Å². The van der Waals surface area contributed by atoms with Gasteiger partial charge in [-0.2, -0.15) is 0 Å². The highest BCUT2D eigenvalue weighted by atomic mass is 15.1. The smallest absolute Gasteiger partial charge is 0.280 e. The van der Waals surface area contributed by atoms with Gasteiger partial charge in [0.2, 0.25) is 0 Å². The topological polar surface area (TPSA) is 32.3 Å². The summed E-state index contributed by atoms with van der Waals surface area (Å²) < 4.78 is 2.16. The van der Waals surface area contributed by atoms with Gasteiger partial charge in [-0.05, 0) is 18.2 Å². The van der Waals surface area contributed by atoms with Crippen molar-refractivity contribution in [1.29, 1.82) is 0 Å². The zero-order valence-electron chi connectivity index (χ0n) is 11.3. The maximum Gasteiger partial charge on any atom is 0.280 e. The summed E-state index contributed by atoms with van der Waals surface area (Å²) in [4.78, 5) is 2.10. The average Bonchev–Trinajstić information content (AvgIpc) is 2.77. The van der Waals surface area contributed by atoms with E-state index in [1.807, 2.05) is 20.2 Å². The van der Waals surface area contributed by atoms with Crippen molar-refractivity contribution in [2.45, 2.75) is 6.54 Å². The highest BCUT2D eigenvalue weighted by molar-refractivity contribution is 5.97. The third-order valence-corrected chi connectivity index (χ3v) is 3.57. The van der Waals surface area contributed by atoms with E-state index in [9.17, 15) is 0 Å². The van der Waals surface area contributed by atoms with Crippen LogP contribution in [0, 0.1) is 0 Å². The predicted molar refractivity (Wildman–Crippen MR) is 79.1 cm³/mol. The van der Waals surface area contributed by atoms with Gasteiger partial charge in [-0.3, -0.25) is 5.73 Å². The van der Waals surface area contributed by atoms with Crippen molar-refractivity contribution in [3.05, 3.63) is 59.7 Å². The lowest BCUT2D eigenvalue weighted by molar-refractivity contribution is -0.453. The van der Waals surface area contributed by atoms with E-state index in [-0.39, 0.29) is 0 Å². The zero-order chi connectivity index (χ0) is 13.4. The van der Waals surface area contributed by atoms with Crippen LogP contribution in [0.15, 0.2) is 48.5 Å². The fourth-order valence-electron chi connectivity index (χ4n) is 2.48. The van der Waals surface area contributed by atoms with Gasteiger partial charge in [0.05, 0.1) is 5.56 Å². The summed E-state index contributed by atoms with van der Waals surface area (Å²) in [6.07, 6.45) is 0. The van der Waals surface area contributed by atoms with Crippen molar-refractivity contribution in [3.63, 3.8) is 0 Å². The Morgan fingerprint density at radius 3 is 2.58 bits per heavy atom. The molecule has 1 heterocycles. The molecule has 19 heavy (non-hydrogen) atoms. The van der Waals surface area contributed by atoms with Crippen LogP contribution in [-0.4, -0.2) is 24.5 Å². The minimum atomic E-state index is 0.839. The van der Waals surface area contributed by atoms with E-state index in [0.717, 1.165) is 23.6 Å². The first kappa shape index (κ1) is 11.8. The summed E-state index contributed by atoms with van der Waals surface area (Å²) in [5.41, 5.74) is 11.0. The predicted octanol–water partition coefficient (Wildman–Crippen LogP) is 2.32. The number of benzene rings is 2. The highest BCUT2D eigenvalue weighted by Crippen LogP contribution is 2.26. The maximum atomic E-state index is 6.28. The Kier molecular flexibility index (Phi) is 2.75. The van der Waals surface area contributed by atoms with Crippen LogP contribution in [0.5, 0.6) is 0 Å². The van der Waals surface area contributed by atoms with Gasteiger partial charge in [-0.1, -0.05) is 24.3 Å². The number of rotatable bonds is 2. The van der Waals surface area contributed by atoms with Crippen LogP contribution >= 0.6 is 0 Å². The van der Waals surface area contributed by atoms with Gasteiger partial charge in [-0.25, -0.2) is 4.58 Å². The molecule has 2 aromatic rings. The van der Waals surface area contributed by atoms with Crippen LogP contribution in [0.1, 0.15) is 11.1 Å². The Labute approximate surface area is 113 Å². The SMILES string of the molecule is CN(C)c1cccc([N+]2=C(N)c3ccccc3C2)c1. The van der Waals surface area contributed by atoms with Gasteiger partial charge in [0.15, 0.2) is 0 Å². The molecule has 3 nitrogen and oxygen atoms in total. The quantitative estimate of drug-likeness (QED) is 0.832. The van der Waals surface area contributed by atoms with E-state index in [1.165, 1.54) is 11.3 Å². The monoisotopic (exact) mass is 252 g/mol. The molecule has 0 saturated heterocycles. The van der Waals surface area contributed by atoms with Crippen LogP contribution in [0.4, 0.5) is 11.4 Å². The summed E-state index contributed by atoms with van der Waals surface area (Å²) in [6, 6.07) is 16.8. The lowest BCUT2D eigenvalue weighted by Gasteiger charge is -2.13. The summed E-state index contributed by atoms with van der Waals surface area (Å²) in [6.45, 7) is 0.846. The van der Waals surface area contributed by atoms with Crippen molar-refractivity contribution in [2.24, 2.45) is 5.73 Å². The van der Waals surface area contributed by atoms with E-state index in [0.29, 0.717) is 0 Å². The molecule has 2 aromatic carbocycles. The number of fused-ring (bicyclic) bond motifs is 1. The minimum absolute atomic E-state index is 0.839. The number of nitrogens with two attached hydrogens (primary N) is 1. The van der Waals surface area contributed by atoms with E-state index >= 15 is 0 Å². The van der Waals surface area contributed by atoms with Crippen LogP contribution in [-0.2, 0) is 6.54 Å². The Hall–Kier alpha value is -2.29. The molecule has 0 aromatic heterocycles. The average molecular weight is 252 g/mol. The van der Waals surface area contributed by atoms with E-state index in [4.69, 9.17) is 5.73 Å². The van der Waals surface area contributed by atoms with Gasteiger partial charge < -0.3 is 4.90 Å². The lowest BCUT2D eigenvalue weighted by Crippen LogP contribution is -2.20. The molecule has 0 unspecified atom stereocenters. The molecule has 0 bridgehead atoms. The molecule has 0 atom stereocenters. The van der Waals surface area contributed by atoms with Crippen molar-refractivity contribution < 1.29 is 4.58 Å². The molecule has 96 valence electrons. The largest absolute Gasteiger partial charge is 0.378 e. The Bertz CT molecular complexity index is 657. The molecule has 0 fully saturated rings. The first-order valence-corrected chi connectivity index (χ1v) is 6.42. The second-order valence-corrected chi connectivity index (χ2v) is 5.04. The number of nitrogens with zero attached hydrogens (tertiary/aromatic N) is 2. The molecule has 1 aliphatic heterocycles. The van der Waals surface area contributed by atoms with Gasteiger partial charge >= 0.3 is 0 Å². The third-order valence-electron chi connectivity index (χ3n) is 3.57. The molecule has 2 N–H and O–H groups in total. The standard InChI is InChI=1S/C16H17N3/c1-18(2)13-7-5-8-14(10-13)19-11-12-6-3-4-9-15(12)16(19)17/h3-10,17H,11H2,1-2H3/p+1. The van der Waals surface area contributed by atoms with E-state index in [2.05, 4.69) is 51.9 Å². The molecule has 0 saturated carbocycles. The van der Waals surface area contributed by atoms with Crippen molar-refractivity contribution in [1.82, 2.24) is 0 Å². The van der Waals surface area contributed by atoms with Crippen molar-refractivity contribution in [2.75, 3.05) is 19.0 Å². The summed E-state index contributed by atoms with van der Waals surface area (Å²) in [7, 11) is 4.09. The number of hydrogen-bond donors (Lipinski definition) is 1. The molecule has 0 aliphatic carbocycles. The Balaban J connectivity index is 2.05. The molecule has 0 radical (unpaired) electrons. The van der Waals surface area contributed by atoms with E-state index in [1.54, 1.807) is 0 Å². The molecule has 1 aliphatic rings. The second-order valence-electron chi connectivity index (χ2n) is 5.04. The van der Waals surface area contributed by atoms with Gasteiger partial charge in [0.1, 0.15) is 12.2 Å². The van der Waals surface area contributed by atoms with Gasteiger partial charge in [0, 0.05) is 31.4 Å². The fourth-order valence-corrected chi connectivity index (χ4v) is 2.48. The molecule has 3 heteroatoms. The first-order chi connectivity index (χ1) is 9.16. The Morgan fingerprint density at radius 2 is 1.84 bits per heavy atom. The third kappa shape index (κ3) is 1.97. The maximum absolute atomic E-state index is 6.28. The lowest BCUT2D eigenvalue weighted by atomic mass is 10.1. The summed E-state index contributed by atoms with van der Waals surface area (Å²) >= 11 is 0. The van der Waals surface area contributed by atoms with Crippen LogP contribution in [0.2, 0.25) is 0 Å². The first-order valence-electron chi connectivity index (χ1n) is 6.42. The summed E-state index contributed by atoms with van der Waals surface area (Å²) in [5, 5.41) is 0.